The lowest BCUT2D eigenvalue weighted by Crippen LogP contribution is -2.38. The predicted octanol–water partition coefficient (Wildman–Crippen LogP) is 5.82. The van der Waals surface area contributed by atoms with Gasteiger partial charge in [-0.3, -0.25) is 9.59 Å². The fraction of sp³-hybridized carbons (Fsp3) is 0.595. The highest BCUT2D eigenvalue weighted by molar-refractivity contribution is 5.86. The summed E-state index contributed by atoms with van der Waals surface area (Å²) in [5.41, 5.74) is 1.93. The van der Waals surface area contributed by atoms with Gasteiger partial charge < -0.3 is 30.0 Å². The Morgan fingerprint density at radius 2 is 1.87 bits per heavy atom. The molecule has 8 aliphatic rings. The molecule has 7 aliphatic heterocycles. The van der Waals surface area contributed by atoms with Crippen molar-refractivity contribution in [3.63, 3.8) is 0 Å². The molecule has 1 aliphatic carbocycles. The first-order chi connectivity index (χ1) is 22.3. The largest absolute Gasteiger partial charge is 0.366 e. The number of aromatic nitrogens is 3. The highest BCUT2D eigenvalue weighted by atomic mass is 16.5. The SMILES string of the molecule is CCC(O)(O)CCCCC[C@@H]1NC(=O)[C@H]2CC23CCN(CCCCC/C=C\Cn2ccc4cc(ccc4c2=O)-c2cnc1[nH]2)CC3. The number of allylic oxidation sites excluding steroid dienone is 2. The van der Waals surface area contributed by atoms with Crippen molar-refractivity contribution in [2.75, 3.05) is 19.6 Å². The smallest absolute Gasteiger partial charge is 0.258 e. The van der Waals surface area contributed by atoms with Gasteiger partial charge in [0.15, 0.2) is 5.79 Å². The van der Waals surface area contributed by atoms with Crippen LogP contribution in [0.25, 0.3) is 22.0 Å². The van der Waals surface area contributed by atoms with E-state index in [9.17, 15) is 19.8 Å². The Kier molecular flexibility index (Phi) is 10.1. The molecule has 3 aromatic rings. The number of aromatic amines is 1. The predicted molar refractivity (Wildman–Crippen MR) is 181 cm³/mol. The van der Waals surface area contributed by atoms with Gasteiger partial charge in [0.25, 0.3) is 5.56 Å². The van der Waals surface area contributed by atoms with Gasteiger partial charge in [-0.25, -0.2) is 4.98 Å². The Balaban J connectivity index is 1.22. The van der Waals surface area contributed by atoms with Crippen molar-refractivity contribution in [1.29, 1.82) is 0 Å². The van der Waals surface area contributed by atoms with Gasteiger partial charge in [0, 0.05) is 36.0 Å². The number of piperidine rings is 1. The van der Waals surface area contributed by atoms with E-state index in [-0.39, 0.29) is 28.8 Å². The van der Waals surface area contributed by atoms with E-state index in [1.807, 2.05) is 36.7 Å². The number of rotatable bonds is 7. The zero-order chi connectivity index (χ0) is 32.1. The molecule has 248 valence electrons. The number of hydrogen-bond donors (Lipinski definition) is 4. The lowest BCUT2D eigenvalue weighted by atomic mass is 9.90. The van der Waals surface area contributed by atoms with Crippen LogP contribution in [0.4, 0.5) is 0 Å². The summed E-state index contributed by atoms with van der Waals surface area (Å²) in [6.45, 7) is 5.62. The van der Waals surface area contributed by atoms with Gasteiger partial charge in [-0.2, -0.15) is 0 Å². The number of unbranched alkanes of at least 4 members (excludes halogenated alkanes) is 2. The minimum atomic E-state index is -1.61. The third-order valence-electron chi connectivity index (χ3n) is 10.8. The fourth-order valence-corrected chi connectivity index (χ4v) is 7.49. The van der Waals surface area contributed by atoms with Crippen LogP contribution in [0.5, 0.6) is 0 Å². The minimum Gasteiger partial charge on any atom is -0.366 e. The van der Waals surface area contributed by atoms with E-state index in [0.717, 1.165) is 87.0 Å². The first kappa shape index (κ1) is 32.7. The molecule has 9 heterocycles. The molecule has 11 rings (SSSR count). The second-order valence-electron chi connectivity index (χ2n) is 14.0. The molecule has 1 saturated heterocycles. The summed E-state index contributed by atoms with van der Waals surface area (Å²) in [7, 11) is 0. The maximum atomic E-state index is 13.7. The van der Waals surface area contributed by atoms with Crippen molar-refractivity contribution in [1.82, 2.24) is 24.8 Å². The summed E-state index contributed by atoms with van der Waals surface area (Å²) in [5, 5.41) is 24.9. The second-order valence-corrected chi connectivity index (χ2v) is 14.0. The number of hydrogen-bond acceptors (Lipinski definition) is 6. The number of H-pyrrole nitrogens is 1. The van der Waals surface area contributed by atoms with Gasteiger partial charge in [-0.15, -0.1) is 0 Å². The number of benzene rings is 1. The number of carbonyl (C=O) groups is 1. The van der Waals surface area contributed by atoms with Gasteiger partial charge in [0.2, 0.25) is 5.91 Å². The number of nitrogens with one attached hydrogen (secondary N) is 2. The van der Waals surface area contributed by atoms with Gasteiger partial charge in [0.05, 0.1) is 17.9 Å². The maximum Gasteiger partial charge on any atom is 0.258 e. The van der Waals surface area contributed by atoms with Gasteiger partial charge in [0.1, 0.15) is 5.82 Å². The molecule has 9 heteroatoms. The fourth-order valence-electron chi connectivity index (χ4n) is 7.49. The molecule has 1 spiro atoms. The summed E-state index contributed by atoms with van der Waals surface area (Å²) in [6.07, 6.45) is 19.5. The number of aliphatic hydroxyl groups is 2. The van der Waals surface area contributed by atoms with Crippen molar-refractivity contribution >= 4 is 16.7 Å². The molecule has 8 bridgehead atoms. The van der Waals surface area contributed by atoms with Crippen LogP contribution in [0.2, 0.25) is 0 Å². The number of carbonyl (C=O) groups excluding carboxylic acids is 1. The quantitative estimate of drug-likeness (QED) is 0.148. The molecule has 1 amide bonds. The summed E-state index contributed by atoms with van der Waals surface area (Å²) in [5.74, 6) is -0.690. The number of amides is 1. The third kappa shape index (κ3) is 7.64. The molecule has 1 saturated carbocycles. The summed E-state index contributed by atoms with van der Waals surface area (Å²) >= 11 is 0. The third-order valence-corrected chi connectivity index (χ3v) is 10.8. The summed E-state index contributed by atoms with van der Waals surface area (Å²) < 4.78 is 1.76. The van der Waals surface area contributed by atoms with Crippen LogP contribution >= 0.6 is 0 Å². The second kappa shape index (κ2) is 14.2. The molecule has 2 aromatic heterocycles. The van der Waals surface area contributed by atoms with Crippen LogP contribution in [-0.2, 0) is 11.3 Å². The van der Waals surface area contributed by atoms with Crippen molar-refractivity contribution in [3.05, 3.63) is 65.0 Å². The molecule has 0 radical (unpaired) electrons. The Morgan fingerprint density at radius 3 is 2.70 bits per heavy atom. The van der Waals surface area contributed by atoms with Gasteiger partial charge >= 0.3 is 0 Å². The number of nitrogens with zero attached hydrogens (tertiary/aromatic N) is 3. The Bertz CT molecular complexity index is 1580. The van der Waals surface area contributed by atoms with E-state index in [4.69, 9.17) is 4.98 Å². The van der Waals surface area contributed by atoms with Crippen molar-refractivity contribution in [3.8, 4) is 11.3 Å². The average Bonchev–Trinajstić information content (AvgIpc) is 3.52. The maximum absolute atomic E-state index is 13.7. The first-order valence-corrected chi connectivity index (χ1v) is 17.6. The standard InChI is InChI=1S/C37H51N5O4/c1-2-37(45,46)16-9-7-8-12-31-33-38-26-32(39-33)28-13-14-29-27(24-28)15-21-42(35(29)44)20-11-6-4-3-5-10-19-41-22-17-36(18-23-41)25-30(36)34(43)40-31/h6,11,13-15,21,24,26,30-31,45-46H,2-5,7-10,12,16-20,22-23,25H2,1H3,(H,38,39)(H,40,43)/b11-6-/t30-,31+/m1/s1. The van der Waals surface area contributed by atoms with Crippen LogP contribution in [0.1, 0.15) is 102 Å². The normalized spacial score (nSPS) is 26.5. The molecular formula is C37H51N5O4. The summed E-state index contributed by atoms with van der Waals surface area (Å²) in [4.78, 5) is 37.7. The van der Waals surface area contributed by atoms with Crippen LogP contribution < -0.4 is 10.9 Å². The van der Waals surface area contributed by atoms with E-state index in [2.05, 4.69) is 27.4 Å². The molecule has 2 atom stereocenters. The molecular weight excluding hydrogens is 578 g/mol. The van der Waals surface area contributed by atoms with Crippen LogP contribution in [-0.4, -0.2) is 61.0 Å². The van der Waals surface area contributed by atoms with E-state index in [1.165, 1.54) is 12.8 Å². The van der Waals surface area contributed by atoms with Gasteiger partial charge in [-0.05, 0) is 106 Å². The van der Waals surface area contributed by atoms with Gasteiger partial charge in [-0.1, -0.05) is 44.4 Å². The lowest BCUT2D eigenvalue weighted by molar-refractivity contribution is -0.167. The lowest BCUT2D eigenvalue weighted by Gasteiger charge is -2.33. The number of pyridine rings is 1. The van der Waals surface area contributed by atoms with Crippen LogP contribution in [0.3, 0.4) is 0 Å². The zero-order valence-electron chi connectivity index (χ0n) is 27.3. The van der Waals surface area contributed by atoms with Crippen molar-refractivity contribution in [2.24, 2.45) is 11.3 Å². The molecule has 0 unspecified atom stereocenters. The molecule has 46 heavy (non-hydrogen) atoms. The van der Waals surface area contributed by atoms with E-state index < -0.39 is 5.79 Å². The van der Waals surface area contributed by atoms with E-state index in [1.54, 1.807) is 11.5 Å². The molecule has 1 aromatic carbocycles. The molecule has 4 N–H and O–H groups in total. The zero-order valence-corrected chi connectivity index (χ0v) is 27.3. The Hall–Kier alpha value is -3.27. The number of imidazole rings is 1. The molecule has 2 fully saturated rings. The Morgan fingerprint density at radius 1 is 1.02 bits per heavy atom. The highest BCUT2D eigenvalue weighted by Crippen LogP contribution is 2.59. The molecule has 9 nitrogen and oxygen atoms in total. The summed E-state index contributed by atoms with van der Waals surface area (Å²) in [6, 6.07) is 7.61. The van der Waals surface area contributed by atoms with Crippen molar-refractivity contribution < 1.29 is 15.0 Å². The minimum absolute atomic E-state index is 0.00707. The van der Waals surface area contributed by atoms with Crippen LogP contribution in [0.15, 0.2) is 53.6 Å². The van der Waals surface area contributed by atoms with E-state index in [0.29, 0.717) is 37.6 Å². The van der Waals surface area contributed by atoms with Crippen molar-refractivity contribution in [2.45, 2.75) is 109 Å². The average molecular weight is 630 g/mol. The monoisotopic (exact) mass is 629 g/mol. The first-order valence-electron chi connectivity index (χ1n) is 17.6. The van der Waals surface area contributed by atoms with Crippen LogP contribution in [0, 0.1) is 11.3 Å². The van der Waals surface area contributed by atoms with E-state index >= 15 is 0 Å². The topological polar surface area (TPSA) is 123 Å². The Labute approximate surface area is 272 Å². The highest BCUT2D eigenvalue weighted by Gasteiger charge is 2.58.